The van der Waals surface area contributed by atoms with Crippen LogP contribution in [0.15, 0.2) is 85.0 Å². The van der Waals surface area contributed by atoms with Gasteiger partial charge in [-0.2, -0.15) is 0 Å². The van der Waals surface area contributed by atoms with Gasteiger partial charge in [-0.15, -0.1) is 0 Å². The van der Waals surface area contributed by atoms with Gasteiger partial charge in [0.25, 0.3) is 0 Å². The highest BCUT2D eigenvalue weighted by molar-refractivity contribution is 6.06. The molecule has 0 heteroatoms. The highest BCUT2D eigenvalue weighted by Gasteiger charge is 2.18. The van der Waals surface area contributed by atoms with E-state index in [-0.39, 0.29) is 5.41 Å². The molecule has 2 aromatic rings. The monoisotopic (exact) mass is 272 g/mol. The van der Waals surface area contributed by atoms with Crippen molar-refractivity contribution in [1.29, 1.82) is 0 Å². The molecule has 0 fully saturated rings. The van der Waals surface area contributed by atoms with Gasteiger partial charge in [0, 0.05) is 5.41 Å². The van der Waals surface area contributed by atoms with Crippen molar-refractivity contribution in [2.24, 2.45) is 5.41 Å². The molecule has 0 bridgehead atoms. The molecule has 2 aromatic carbocycles. The average Bonchev–Trinajstić information content (AvgIpc) is 2.67. The molecule has 0 aromatic heterocycles. The van der Waals surface area contributed by atoms with Crippen LogP contribution in [0.1, 0.15) is 25.0 Å². The molecule has 0 aliphatic heterocycles. The van der Waals surface area contributed by atoms with Crippen LogP contribution in [0.5, 0.6) is 0 Å². The molecule has 0 N–H and O–H groups in total. The largest absolute Gasteiger partial charge is 0.0750 e. The fourth-order valence-electron chi connectivity index (χ4n) is 2.71. The molecule has 3 rings (SSSR count). The van der Waals surface area contributed by atoms with Crippen molar-refractivity contribution in [3.63, 3.8) is 0 Å². The summed E-state index contributed by atoms with van der Waals surface area (Å²) in [6.45, 7) is 4.49. The molecule has 1 aliphatic carbocycles. The SMILES string of the molecule is CC1(C)C=CC=C(c2ccccc2)C(c2ccccc2)=C1. The van der Waals surface area contributed by atoms with E-state index in [1.54, 1.807) is 0 Å². The molecule has 0 amide bonds. The van der Waals surface area contributed by atoms with Crippen LogP contribution in [0.4, 0.5) is 0 Å². The third kappa shape index (κ3) is 3.05. The van der Waals surface area contributed by atoms with Crippen LogP contribution >= 0.6 is 0 Å². The van der Waals surface area contributed by atoms with E-state index in [9.17, 15) is 0 Å². The molecule has 0 nitrogen and oxygen atoms in total. The summed E-state index contributed by atoms with van der Waals surface area (Å²) >= 11 is 0. The summed E-state index contributed by atoms with van der Waals surface area (Å²) in [6.07, 6.45) is 9.02. The van der Waals surface area contributed by atoms with E-state index in [1.807, 2.05) is 0 Å². The molecular formula is C21H20. The maximum atomic E-state index is 2.37. The van der Waals surface area contributed by atoms with Crippen LogP contribution in [-0.4, -0.2) is 0 Å². The van der Waals surface area contributed by atoms with Gasteiger partial charge in [-0.05, 0) is 22.3 Å². The highest BCUT2D eigenvalue weighted by Crippen LogP contribution is 2.37. The fraction of sp³-hybridized carbons (Fsp3) is 0.143. The predicted molar refractivity (Wildman–Crippen MR) is 91.8 cm³/mol. The van der Waals surface area contributed by atoms with Gasteiger partial charge in [0.1, 0.15) is 0 Å². The van der Waals surface area contributed by atoms with E-state index in [0.29, 0.717) is 0 Å². The normalized spacial score (nSPS) is 16.9. The molecule has 0 spiro atoms. The minimum absolute atomic E-state index is 0.0538. The first-order chi connectivity index (χ1) is 10.2. The summed E-state index contributed by atoms with van der Waals surface area (Å²) in [5, 5.41) is 0. The molecule has 0 saturated heterocycles. The molecule has 21 heavy (non-hydrogen) atoms. The molecule has 0 radical (unpaired) electrons. The lowest BCUT2D eigenvalue weighted by Crippen LogP contribution is -2.03. The second-order valence-electron chi connectivity index (χ2n) is 6.05. The lowest BCUT2D eigenvalue weighted by Gasteiger charge is -2.18. The van der Waals surface area contributed by atoms with E-state index < -0.39 is 0 Å². The second kappa shape index (κ2) is 5.57. The first kappa shape index (κ1) is 13.6. The number of rotatable bonds is 2. The van der Waals surface area contributed by atoms with Crippen LogP contribution in [0.2, 0.25) is 0 Å². The molecule has 0 unspecified atom stereocenters. The van der Waals surface area contributed by atoms with Crippen molar-refractivity contribution in [1.82, 2.24) is 0 Å². The van der Waals surface area contributed by atoms with Crippen LogP contribution in [0, 0.1) is 5.41 Å². The van der Waals surface area contributed by atoms with Crippen LogP contribution < -0.4 is 0 Å². The molecule has 0 saturated carbocycles. The zero-order chi connectivity index (χ0) is 14.7. The predicted octanol–water partition coefficient (Wildman–Crippen LogP) is 5.75. The van der Waals surface area contributed by atoms with E-state index >= 15 is 0 Å². The lowest BCUT2D eigenvalue weighted by atomic mass is 9.86. The van der Waals surface area contributed by atoms with Gasteiger partial charge >= 0.3 is 0 Å². The number of benzene rings is 2. The van der Waals surface area contributed by atoms with Gasteiger partial charge in [-0.3, -0.25) is 0 Å². The molecular weight excluding hydrogens is 252 g/mol. The van der Waals surface area contributed by atoms with Crippen LogP contribution in [0.25, 0.3) is 11.1 Å². The Morgan fingerprint density at radius 3 is 1.76 bits per heavy atom. The maximum Gasteiger partial charge on any atom is 0.00169 e. The second-order valence-corrected chi connectivity index (χ2v) is 6.05. The Balaban J connectivity index is 2.17. The van der Waals surface area contributed by atoms with Crippen molar-refractivity contribution < 1.29 is 0 Å². The summed E-state index contributed by atoms with van der Waals surface area (Å²) in [5.41, 5.74) is 5.16. The minimum atomic E-state index is 0.0538. The fourth-order valence-corrected chi connectivity index (χ4v) is 2.71. The van der Waals surface area contributed by atoms with Crippen LogP contribution in [-0.2, 0) is 0 Å². The first-order valence-electron chi connectivity index (χ1n) is 7.39. The smallest absolute Gasteiger partial charge is 0.00169 e. The Kier molecular flexibility index (Phi) is 3.62. The zero-order valence-electron chi connectivity index (χ0n) is 12.6. The third-order valence-electron chi connectivity index (χ3n) is 3.76. The maximum absolute atomic E-state index is 2.37. The topological polar surface area (TPSA) is 0 Å². The van der Waals surface area contributed by atoms with Gasteiger partial charge in [0.05, 0.1) is 0 Å². The summed E-state index contributed by atoms with van der Waals surface area (Å²) in [5.74, 6) is 0. The quantitative estimate of drug-likeness (QED) is 0.653. The first-order valence-corrected chi connectivity index (χ1v) is 7.39. The van der Waals surface area contributed by atoms with E-state index in [1.165, 1.54) is 22.3 Å². The standard InChI is InChI=1S/C21H20/c1-21(2)15-9-14-19(17-10-5-3-6-11-17)20(16-21)18-12-7-4-8-13-18/h3-16H,1-2H3. The average molecular weight is 272 g/mol. The Morgan fingerprint density at radius 2 is 1.19 bits per heavy atom. The third-order valence-corrected chi connectivity index (χ3v) is 3.76. The van der Waals surface area contributed by atoms with E-state index in [4.69, 9.17) is 0 Å². The van der Waals surface area contributed by atoms with E-state index in [2.05, 4.69) is 98.8 Å². The molecule has 104 valence electrons. The number of hydrogen-bond donors (Lipinski definition) is 0. The molecule has 1 aliphatic rings. The van der Waals surface area contributed by atoms with Crippen molar-refractivity contribution in [2.75, 3.05) is 0 Å². The Bertz CT molecular complexity index is 698. The lowest BCUT2D eigenvalue weighted by molar-refractivity contribution is 0.629. The summed E-state index contributed by atoms with van der Waals surface area (Å²) in [6, 6.07) is 21.2. The summed E-state index contributed by atoms with van der Waals surface area (Å²) < 4.78 is 0. The summed E-state index contributed by atoms with van der Waals surface area (Å²) in [4.78, 5) is 0. The van der Waals surface area contributed by atoms with Crippen molar-refractivity contribution in [3.05, 3.63) is 96.1 Å². The van der Waals surface area contributed by atoms with Crippen molar-refractivity contribution >= 4 is 11.1 Å². The Morgan fingerprint density at radius 1 is 0.667 bits per heavy atom. The zero-order valence-corrected chi connectivity index (χ0v) is 12.6. The highest BCUT2D eigenvalue weighted by atomic mass is 14.2. The van der Waals surface area contributed by atoms with Gasteiger partial charge in [0.2, 0.25) is 0 Å². The van der Waals surface area contributed by atoms with Gasteiger partial charge < -0.3 is 0 Å². The van der Waals surface area contributed by atoms with Gasteiger partial charge in [-0.25, -0.2) is 0 Å². The van der Waals surface area contributed by atoms with Crippen molar-refractivity contribution in [2.45, 2.75) is 13.8 Å². The van der Waals surface area contributed by atoms with Gasteiger partial charge in [-0.1, -0.05) is 98.8 Å². The summed E-state index contributed by atoms with van der Waals surface area (Å²) in [7, 11) is 0. The van der Waals surface area contributed by atoms with Gasteiger partial charge in [0.15, 0.2) is 0 Å². The number of hydrogen-bond acceptors (Lipinski definition) is 0. The molecule has 0 atom stereocenters. The molecule has 0 heterocycles. The number of allylic oxidation sites excluding steroid dienone is 6. The van der Waals surface area contributed by atoms with Crippen LogP contribution in [0.3, 0.4) is 0 Å². The van der Waals surface area contributed by atoms with E-state index in [0.717, 1.165) is 0 Å². The Hall–Kier alpha value is -2.34. The van der Waals surface area contributed by atoms with Crippen molar-refractivity contribution in [3.8, 4) is 0 Å². The minimum Gasteiger partial charge on any atom is -0.0750 e. The Labute approximate surface area is 127 Å².